The van der Waals surface area contributed by atoms with Crippen molar-refractivity contribution < 1.29 is 0 Å². The van der Waals surface area contributed by atoms with E-state index in [9.17, 15) is 0 Å². The summed E-state index contributed by atoms with van der Waals surface area (Å²) < 4.78 is 0. The summed E-state index contributed by atoms with van der Waals surface area (Å²) >= 11 is 0. The van der Waals surface area contributed by atoms with Crippen LogP contribution in [0.3, 0.4) is 0 Å². The molecule has 0 aliphatic heterocycles. The summed E-state index contributed by atoms with van der Waals surface area (Å²) in [6.45, 7) is 9.42. The number of nitrogens with zero attached hydrogens (tertiary/aromatic N) is 1. The summed E-state index contributed by atoms with van der Waals surface area (Å²) in [5.41, 5.74) is 15.0. The molecule has 0 aromatic heterocycles. The van der Waals surface area contributed by atoms with Crippen LogP contribution < -0.4 is 4.90 Å². The van der Waals surface area contributed by atoms with Gasteiger partial charge in [-0.05, 0) is 117 Å². The van der Waals surface area contributed by atoms with Gasteiger partial charge in [0.15, 0.2) is 0 Å². The zero-order valence-electron chi connectivity index (χ0n) is 30.2. The first-order valence-corrected chi connectivity index (χ1v) is 19.1. The highest BCUT2D eigenvalue weighted by molar-refractivity contribution is 6.06. The second-order valence-electron chi connectivity index (χ2n) is 16.3. The lowest BCUT2D eigenvalue weighted by Crippen LogP contribution is -2.36. The van der Waals surface area contributed by atoms with Gasteiger partial charge in [-0.2, -0.15) is 0 Å². The Morgan fingerprint density at radius 3 is 2.06 bits per heavy atom. The Labute approximate surface area is 299 Å². The number of anilines is 3. The molecule has 6 aromatic carbocycles. The average Bonchev–Trinajstić information content (AvgIpc) is 3.37. The normalized spacial score (nSPS) is 20.5. The molecule has 2 fully saturated rings. The van der Waals surface area contributed by atoms with E-state index < -0.39 is 0 Å². The molecule has 0 amide bonds. The monoisotopic (exact) mass is 651 g/mol. The number of hydrogen-bond donors (Lipinski definition) is 0. The number of hydrogen-bond acceptors (Lipinski definition) is 1. The molecule has 0 radical (unpaired) electrons. The second kappa shape index (κ2) is 12.0. The largest absolute Gasteiger partial charge is 0.310 e. The molecule has 3 aliphatic rings. The summed E-state index contributed by atoms with van der Waals surface area (Å²) in [5.74, 6) is 1.31. The molecule has 0 spiro atoms. The van der Waals surface area contributed by atoms with Gasteiger partial charge in [-0.1, -0.05) is 150 Å². The van der Waals surface area contributed by atoms with E-state index >= 15 is 0 Å². The van der Waals surface area contributed by atoms with Crippen molar-refractivity contribution in [1.82, 2.24) is 0 Å². The lowest BCUT2D eigenvalue weighted by molar-refractivity contribution is 0.149. The molecule has 0 unspecified atom stereocenters. The van der Waals surface area contributed by atoms with E-state index in [1.165, 1.54) is 112 Å². The fraction of sp³-hybridized carbons (Fsp3) is 0.306. The van der Waals surface area contributed by atoms with Gasteiger partial charge in [-0.25, -0.2) is 0 Å². The van der Waals surface area contributed by atoms with Crippen LogP contribution in [-0.4, -0.2) is 0 Å². The number of benzene rings is 6. The topological polar surface area (TPSA) is 3.24 Å². The van der Waals surface area contributed by atoms with Crippen LogP contribution in [0, 0.1) is 5.92 Å². The zero-order valence-corrected chi connectivity index (χ0v) is 30.2. The van der Waals surface area contributed by atoms with Crippen LogP contribution in [0.25, 0.3) is 33.0 Å². The maximum atomic E-state index is 2.56. The Kier molecular flexibility index (Phi) is 7.54. The van der Waals surface area contributed by atoms with Gasteiger partial charge in [-0.3, -0.25) is 0 Å². The van der Waals surface area contributed by atoms with Gasteiger partial charge in [0.1, 0.15) is 0 Å². The highest BCUT2D eigenvalue weighted by atomic mass is 15.1. The molecule has 3 aliphatic carbocycles. The molecule has 9 rings (SSSR count). The van der Waals surface area contributed by atoms with Crippen molar-refractivity contribution in [3.05, 3.63) is 150 Å². The van der Waals surface area contributed by atoms with Gasteiger partial charge < -0.3 is 4.90 Å². The van der Waals surface area contributed by atoms with Crippen LogP contribution in [0.5, 0.6) is 0 Å². The molecule has 0 heterocycles. The molecule has 50 heavy (non-hydrogen) atoms. The maximum Gasteiger partial charge on any atom is 0.0546 e. The van der Waals surface area contributed by atoms with E-state index in [1.807, 2.05) is 0 Å². The molecule has 0 saturated heterocycles. The van der Waals surface area contributed by atoms with E-state index in [-0.39, 0.29) is 5.41 Å². The number of fused-ring (bicyclic) bond motifs is 6. The summed E-state index contributed by atoms with van der Waals surface area (Å²) in [6.07, 6.45) is 9.66. The first-order chi connectivity index (χ1) is 24.3. The molecule has 1 heteroatoms. The quantitative estimate of drug-likeness (QED) is 0.173. The third kappa shape index (κ3) is 4.96. The predicted octanol–water partition coefficient (Wildman–Crippen LogP) is 14.0. The van der Waals surface area contributed by atoms with Gasteiger partial charge in [-0.15, -0.1) is 0 Å². The van der Waals surface area contributed by atoms with Crippen molar-refractivity contribution in [3.8, 4) is 22.3 Å². The first kappa shape index (κ1) is 31.4. The molecule has 0 N–H and O–H groups in total. The van der Waals surface area contributed by atoms with Gasteiger partial charge in [0, 0.05) is 22.4 Å². The molecule has 2 saturated carbocycles. The van der Waals surface area contributed by atoms with Gasteiger partial charge in [0.2, 0.25) is 0 Å². The molecule has 0 atom stereocenters. The van der Waals surface area contributed by atoms with Crippen LogP contribution in [-0.2, 0) is 10.8 Å². The predicted molar refractivity (Wildman–Crippen MR) is 213 cm³/mol. The van der Waals surface area contributed by atoms with Crippen molar-refractivity contribution >= 4 is 27.8 Å². The SMILES string of the molecule is CC(C)c1ccccc1-c1c(N(c2ccc(C34CCCC(CCC3)C4)cc2)c2ccc3c(c2)C(C)(C)c2ccccc2-3)ccc2ccccc12. The summed E-state index contributed by atoms with van der Waals surface area (Å²) in [6, 6.07) is 48.8. The highest BCUT2D eigenvalue weighted by Crippen LogP contribution is 2.54. The van der Waals surface area contributed by atoms with Gasteiger partial charge in [0.05, 0.1) is 5.69 Å². The van der Waals surface area contributed by atoms with E-state index in [4.69, 9.17) is 0 Å². The molecule has 2 bridgehead atoms. The standard InChI is InChI=1S/C49H49N/c1-33(2)39-16-7-8-19-43(39)47-40-17-6-5-15-35(40)21-28-46(47)50(37-24-22-36(23-25-37)49-29-11-13-34(32-49)14-12-30-49)38-26-27-42-41-18-9-10-20-44(41)48(3,4)45(42)31-38/h5-10,15-28,31,33-34H,11-14,29-30,32H2,1-4H3. The van der Waals surface area contributed by atoms with E-state index in [0.29, 0.717) is 11.3 Å². The zero-order chi connectivity index (χ0) is 34.0. The summed E-state index contributed by atoms with van der Waals surface area (Å²) in [4.78, 5) is 2.56. The average molecular weight is 652 g/mol. The van der Waals surface area contributed by atoms with E-state index in [2.05, 4.69) is 160 Å². The minimum Gasteiger partial charge on any atom is -0.310 e. The highest BCUT2D eigenvalue weighted by Gasteiger charge is 2.41. The minimum atomic E-state index is -0.0778. The fourth-order valence-corrected chi connectivity index (χ4v) is 10.3. The third-order valence-corrected chi connectivity index (χ3v) is 12.8. The van der Waals surface area contributed by atoms with Crippen molar-refractivity contribution in [3.63, 3.8) is 0 Å². The Morgan fingerprint density at radius 1 is 0.620 bits per heavy atom. The van der Waals surface area contributed by atoms with E-state index in [0.717, 1.165) is 5.92 Å². The van der Waals surface area contributed by atoms with Crippen molar-refractivity contribution in [2.75, 3.05) is 4.90 Å². The molecular formula is C49H49N. The molecule has 250 valence electrons. The Morgan fingerprint density at radius 2 is 1.28 bits per heavy atom. The van der Waals surface area contributed by atoms with Gasteiger partial charge >= 0.3 is 0 Å². The van der Waals surface area contributed by atoms with E-state index in [1.54, 1.807) is 5.56 Å². The Bertz CT molecular complexity index is 2210. The van der Waals surface area contributed by atoms with Crippen LogP contribution in [0.15, 0.2) is 127 Å². The van der Waals surface area contributed by atoms with Crippen molar-refractivity contribution in [2.45, 2.75) is 89.4 Å². The minimum absolute atomic E-state index is 0.0778. The Balaban J connectivity index is 1.27. The molecule has 1 nitrogen and oxygen atoms in total. The van der Waals surface area contributed by atoms with Gasteiger partial charge in [0.25, 0.3) is 0 Å². The lowest BCUT2D eigenvalue weighted by Gasteiger charge is -2.46. The smallest absolute Gasteiger partial charge is 0.0546 e. The number of rotatable bonds is 6. The van der Waals surface area contributed by atoms with Crippen LogP contribution >= 0.6 is 0 Å². The van der Waals surface area contributed by atoms with Crippen molar-refractivity contribution in [1.29, 1.82) is 0 Å². The summed E-state index contributed by atoms with van der Waals surface area (Å²) in [7, 11) is 0. The molecule has 6 aromatic rings. The summed E-state index contributed by atoms with van der Waals surface area (Å²) in [5, 5.41) is 2.57. The van der Waals surface area contributed by atoms with Crippen LogP contribution in [0.4, 0.5) is 17.1 Å². The lowest BCUT2D eigenvalue weighted by atomic mass is 9.59. The molecular weight excluding hydrogens is 603 g/mol. The Hall–Kier alpha value is -4.62. The third-order valence-electron chi connectivity index (χ3n) is 12.8. The second-order valence-corrected chi connectivity index (χ2v) is 16.3. The van der Waals surface area contributed by atoms with Crippen molar-refractivity contribution in [2.24, 2.45) is 5.92 Å². The van der Waals surface area contributed by atoms with Crippen LogP contribution in [0.2, 0.25) is 0 Å². The first-order valence-electron chi connectivity index (χ1n) is 19.1. The van der Waals surface area contributed by atoms with Crippen LogP contribution in [0.1, 0.15) is 101 Å². The maximum absolute atomic E-state index is 2.56. The fourth-order valence-electron chi connectivity index (χ4n) is 10.3.